The lowest BCUT2D eigenvalue weighted by molar-refractivity contribution is -0.121. The smallest absolute Gasteiger partial charge is 0.225 e. The van der Waals surface area contributed by atoms with Crippen molar-refractivity contribution in [1.29, 1.82) is 0 Å². The van der Waals surface area contributed by atoms with E-state index in [2.05, 4.69) is 15.3 Å². The highest BCUT2D eigenvalue weighted by Gasteiger charge is 2.07. The summed E-state index contributed by atoms with van der Waals surface area (Å²) in [6.45, 7) is 6.43. The van der Waals surface area contributed by atoms with E-state index in [4.69, 9.17) is 0 Å². The summed E-state index contributed by atoms with van der Waals surface area (Å²) in [6, 6.07) is 1.89. The fourth-order valence-electron chi connectivity index (χ4n) is 1.54. The Kier molecular flexibility index (Phi) is 5.07. The van der Waals surface area contributed by atoms with E-state index in [0.29, 0.717) is 24.8 Å². The van der Waals surface area contributed by atoms with Gasteiger partial charge in [-0.25, -0.2) is 9.97 Å². The Morgan fingerprint density at radius 1 is 1.39 bits per heavy atom. The topological polar surface area (TPSA) is 58.1 Å². The molecule has 0 aromatic carbocycles. The summed E-state index contributed by atoms with van der Waals surface area (Å²) in [5.41, 5.74) is 1.74. The van der Waals surface area contributed by atoms with Crippen molar-refractivity contribution in [2.24, 2.45) is 5.92 Å². The lowest BCUT2D eigenvalue weighted by Gasteiger charge is -2.13. The van der Waals surface area contributed by atoms with Gasteiger partial charge >= 0.3 is 0 Å². The number of aryl methyl sites for hydroxylation is 1. The van der Waals surface area contributed by atoms with E-state index < -0.39 is 0 Å². The van der Waals surface area contributed by atoms with E-state index in [1.807, 2.05) is 45.8 Å². The van der Waals surface area contributed by atoms with E-state index >= 15 is 0 Å². The van der Waals surface area contributed by atoms with Crippen molar-refractivity contribution in [2.45, 2.75) is 33.7 Å². The van der Waals surface area contributed by atoms with Crippen molar-refractivity contribution in [2.75, 3.05) is 19.0 Å². The van der Waals surface area contributed by atoms with Gasteiger partial charge in [0.1, 0.15) is 0 Å². The SMILES string of the molecule is Cc1cc(CNC(=O)CC(C)C)nc(N(C)C)n1. The molecule has 0 atom stereocenters. The van der Waals surface area contributed by atoms with Gasteiger partial charge in [-0.3, -0.25) is 4.79 Å². The second-order valence-electron chi connectivity index (χ2n) is 5.07. The fraction of sp³-hybridized carbons (Fsp3) is 0.615. The van der Waals surface area contributed by atoms with Crippen LogP contribution in [0.25, 0.3) is 0 Å². The number of anilines is 1. The molecule has 0 unspecified atom stereocenters. The van der Waals surface area contributed by atoms with E-state index in [1.165, 1.54) is 0 Å². The van der Waals surface area contributed by atoms with Crippen LogP contribution >= 0.6 is 0 Å². The molecule has 1 aromatic rings. The Morgan fingerprint density at radius 2 is 2.06 bits per heavy atom. The zero-order chi connectivity index (χ0) is 13.7. The highest BCUT2D eigenvalue weighted by atomic mass is 16.1. The molecule has 1 amide bonds. The monoisotopic (exact) mass is 250 g/mol. The van der Waals surface area contributed by atoms with Crippen LogP contribution in [0.4, 0.5) is 5.95 Å². The number of hydrogen-bond donors (Lipinski definition) is 1. The normalized spacial score (nSPS) is 10.6. The zero-order valence-corrected chi connectivity index (χ0v) is 11.8. The van der Waals surface area contributed by atoms with E-state index in [0.717, 1.165) is 11.4 Å². The number of nitrogens with zero attached hydrogens (tertiary/aromatic N) is 3. The molecule has 1 heterocycles. The van der Waals surface area contributed by atoms with Gasteiger partial charge in [-0.15, -0.1) is 0 Å². The van der Waals surface area contributed by atoms with Crippen LogP contribution in [0.3, 0.4) is 0 Å². The number of amides is 1. The Labute approximate surface area is 109 Å². The molecule has 0 aliphatic rings. The van der Waals surface area contributed by atoms with E-state index in [1.54, 1.807) is 0 Å². The summed E-state index contributed by atoms with van der Waals surface area (Å²) in [7, 11) is 3.80. The molecule has 1 aromatic heterocycles. The van der Waals surface area contributed by atoms with Crippen LogP contribution in [0.2, 0.25) is 0 Å². The first-order chi connectivity index (χ1) is 8.38. The van der Waals surface area contributed by atoms with Crippen LogP contribution < -0.4 is 10.2 Å². The first-order valence-electron chi connectivity index (χ1n) is 6.17. The highest BCUT2D eigenvalue weighted by molar-refractivity contribution is 5.75. The van der Waals surface area contributed by atoms with Gasteiger partial charge in [0.05, 0.1) is 12.2 Å². The third-order valence-electron chi connectivity index (χ3n) is 2.36. The zero-order valence-electron chi connectivity index (χ0n) is 11.8. The molecule has 1 N–H and O–H groups in total. The van der Waals surface area contributed by atoms with Crippen molar-refractivity contribution in [3.05, 3.63) is 17.5 Å². The standard InChI is InChI=1S/C13H22N4O/c1-9(2)6-12(18)14-8-11-7-10(3)15-13(16-11)17(4)5/h7,9H,6,8H2,1-5H3,(H,14,18). The molecular weight excluding hydrogens is 228 g/mol. The number of carbonyl (C=O) groups is 1. The number of aromatic nitrogens is 2. The molecular formula is C13H22N4O. The van der Waals surface area contributed by atoms with E-state index in [-0.39, 0.29) is 5.91 Å². The van der Waals surface area contributed by atoms with Crippen molar-refractivity contribution in [3.8, 4) is 0 Å². The van der Waals surface area contributed by atoms with Crippen molar-refractivity contribution >= 4 is 11.9 Å². The molecule has 0 spiro atoms. The van der Waals surface area contributed by atoms with Crippen LogP contribution in [-0.2, 0) is 11.3 Å². The first-order valence-corrected chi connectivity index (χ1v) is 6.17. The second kappa shape index (κ2) is 6.33. The Bertz CT molecular complexity index is 415. The molecule has 0 fully saturated rings. The maximum atomic E-state index is 11.6. The number of rotatable bonds is 5. The van der Waals surface area contributed by atoms with Gasteiger partial charge < -0.3 is 10.2 Å². The number of carbonyl (C=O) groups excluding carboxylic acids is 1. The molecule has 5 heteroatoms. The van der Waals surface area contributed by atoms with Crippen LogP contribution in [0.15, 0.2) is 6.07 Å². The quantitative estimate of drug-likeness (QED) is 0.860. The number of hydrogen-bond acceptors (Lipinski definition) is 4. The lowest BCUT2D eigenvalue weighted by atomic mass is 10.1. The first kappa shape index (κ1) is 14.4. The fourth-order valence-corrected chi connectivity index (χ4v) is 1.54. The molecule has 0 radical (unpaired) electrons. The molecule has 0 bridgehead atoms. The van der Waals surface area contributed by atoms with Gasteiger partial charge in [0.15, 0.2) is 0 Å². The summed E-state index contributed by atoms with van der Waals surface area (Å²) in [5.74, 6) is 1.10. The summed E-state index contributed by atoms with van der Waals surface area (Å²) in [6.07, 6.45) is 0.546. The van der Waals surface area contributed by atoms with Gasteiger partial charge in [-0.1, -0.05) is 13.8 Å². The van der Waals surface area contributed by atoms with Crippen LogP contribution in [0.5, 0.6) is 0 Å². The average Bonchev–Trinajstić information content (AvgIpc) is 2.24. The molecule has 0 aliphatic carbocycles. The molecule has 0 aliphatic heterocycles. The maximum absolute atomic E-state index is 11.6. The second-order valence-corrected chi connectivity index (χ2v) is 5.07. The highest BCUT2D eigenvalue weighted by Crippen LogP contribution is 2.07. The Morgan fingerprint density at radius 3 is 2.61 bits per heavy atom. The molecule has 100 valence electrons. The number of nitrogens with one attached hydrogen (secondary N) is 1. The van der Waals surface area contributed by atoms with E-state index in [9.17, 15) is 4.79 Å². The van der Waals surface area contributed by atoms with Gasteiger partial charge in [0.2, 0.25) is 11.9 Å². The van der Waals surface area contributed by atoms with Crippen LogP contribution in [0.1, 0.15) is 31.7 Å². The largest absolute Gasteiger partial charge is 0.350 e. The minimum Gasteiger partial charge on any atom is -0.350 e. The molecule has 0 saturated heterocycles. The van der Waals surface area contributed by atoms with Crippen molar-refractivity contribution < 1.29 is 4.79 Å². The van der Waals surface area contributed by atoms with Gasteiger partial charge in [0, 0.05) is 26.2 Å². The maximum Gasteiger partial charge on any atom is 0.225 e. The Balaban J connectivity index is 2.64. The lowest BCUT2D eigenvalue weighted by Crippen LogP contribution is -2.25. The summed E-state index contributed by atoms with van der Waals surface area (Å²) >= 11 is 0. The van der Waals surface area contributed by atoms with Crippen LogP contribution in [-0.4, -0.2) is 30.0 Å². The van der Waals surface area contributed by atoms with Crippen molar-refractivity contribution in [3.63, 3.8) is 0 Å². The van der Waals surface area contributed by atoms with Crippen LogP contribution in [0, 0.1) is 12.8 Å². The minimum absolute atomic E-state index is 0.0627. The Hall–Kier alpha value is -1.65. The van der Waals surface area contributed by atoms with Gasteiger partial charge in [-0.2, -0.15) is 0 Å². The third-order valence-corrected chi connectivity index (χ3v) is 2.36. The summed E-state index contributed by atoms with van der Waals surface area (Å²) in [4.78, 5) is 22.1. The van der Waals surface area contributed by atoms with Gasteiger partial charge in [0.25, 0.3) is 0 Å². The summed E-state index contributed by atoms with van der Waals surface area (Å²) < 4.78 is 0. The molecule has 0 saturated carbocycles. The predicted octanol–water partition coefficient (Wildman–Crippen LogP) is 1.51. The third kappa shape index (κ3) is 4.69. The molecule has 5 nitrogen and oxygen atoms in total. The average molecular weight is 250 g/mol. The molecule has 18 heavy (non-hydrogen) atoms. The van der Waals surface area contributed by atoms with Crippen molar-refractivity contribution in [1.82, 2.24) is 15.3 Å². The molecule has 1 rings (SSSR count). The summed E-state index contributed by atoms with van der Waals surface area (Å²) in [5, 5.41) is 2.88. The predicted molar refractivity (Wildman–Crippen MR) is 72.4 cm³/mol. The minimum atomic E-state index is 0.0627. The van der Waals surface area contributed by atoms with Gasteiger partial charge in [-0.05, 0) is 18.9 Å².